The number of nitrogens with one attached hydrogen (secondary N) is 1. The van der Waals surface area contributed by atoms with Crippen molar-refractivity contribution in [2.24, 2.45) is 0 Å². The summed E-state index contributed by atoms with van der Waals surface area (Å²) >= 11 is 0. The third-order valence-corrected chi connectivity index (χ3v) is 5.30. The molecule has 1 aromatic rings. The molecule has 0 spiro atoms. The summed E-state index contributed by atoms with van der Waals surface area (Å²) in [4.78, 5) is 11.8. The molecule has 3 N–H and O–H groups in total. The van der Waals surface area contributed by atoms with Crippen LogP contribution in [0.25, 0.3) is 0 Å². The summed E-state index contributed by atoms with van der Waals surface area (Å²) in [5, 5.41) is -0.856. The van der Waals surface area contributed by atoms with Gasteiger partial charge >= 0.3 is 5.97 Å². The standard InChI is InChI=1S/C17H28N2O4S/c1-12(14-6-8-15(18)9-7-14)11-19-24(21,22)13(2)10-16(20)23-17(3,4)5/h6-9,12-13,19H,10-11,18H2,1-5H3. The highest BCUT2D eigenvalue weighted by Gasteiger charge is 2.26. The monoisotopic (exact) mass is 356 g/mol. The quantitative estimate of drug-likeness (QED) is 0.577. The number of nitrogen functional groups attached to an aromatic ring is 1. The van der Waals surface area contributed by atoms with E-state index >= 15 is 0 Å². The van der Waals surface area contributed by atoms with Crippen LogP contribution in [0, 0.1) is 0 Å². The Balaban J connectivity index is 2.58. The lowest BCUT2D eigenvalue weighted by Crippen LogP contribution is -2.37. The summed E-state index contributed by atoms with van der Waals surface area (Å²) in [5.41, 5.74) is 6.67. The highest BCUT2D eigenvalue weighted by atomic mass is 32.2. The Bertz CT molecular complexity index is 648. The molecule has 1 aromatic carbocycles. The number of carbonyl (C=O) groups excluding carboxylic acids is 1. The van der Waals surface area contributed by atoms with Gasteiger partial charge in [-0.25, -0.2) is 13.1 Å². The molecule has 0 bridgehead atoms. The molecule has 0 heterocycles. The van der Waals surface area contributed by atoms with Crippen LogP contribution in [0.1, 0.15) is 52.5 Å². The van der Waals surface area contributed by atoms with Crippen molar-refractivity contribution in [3.63, 3.8) is 0 Å². The van der Waals surface area contributed by atoms with E-state index < -0.39 is 26.8 Å². The van der Waals surface area contributed by atoms with Gasteiger partial charge in [-0.3, -0.25) is 4.79 Å². The molecule has 0 aromatic heterocycles. The average molecular weight is 356 g/mol. The Morgan fingerprint density at radius 2 is 1.75 bits per heavy atom. The molecule has 2 atom stereocenters. The fourth-order valence-corrected chi connectivity index (χ4v) is 3.18. The number of nitrogens with two attached hydrogens (primary N) is 1. The van der Waals surface area contributed by atoms with Gasteiger partial charge in [0, 0.05) is 12.2 Å². The Morgan fingerprint density at radius 3 is 2.25 bits per heavy atom. The first kappa shape index (κ1) is 20.4. The van der Waals surface area contributed by atoms with E-state index in [1.807, 2.05) is 19.1 Å². The Kier molecular flexibility index (Phi) is 6.80. The number of carbonyl (C=O) groups is 1. The fraction of sp³-hybridized carbons (Fsp3) is 0.588. The van der Waals surface area contributed by atoms with E-state index in [4.69, 9.17) is 10.5 Å². The van der Waals surface area contributed by atoms with Crippen molar-refractivity contribution in [2.45, 2.75) is 57.8 Å². The molecule has 0 amide bonds. The molecular weight excluding hydrogens is 328 g/mol. The molecule has 0 fully saturated rings. The second-order valence-electron chi connectivity index (χ2n) is 7.06. The van der Waals surface area contributed by atoms with Crippen molar-refractivity contribution < 1.29 is 17.9 Å². The van der Waals surface area contributed by atoms with Crippen LogP contribution in [0.4, 0.5) is 5.69 Å². The molecule has 136 valence electrons. The van der Waals surface area contributed by atoms with Crippen molar-refractivity contribution in [1.29, 1.82) is 0 Å². The normalized spacial score (nSPS) is 14.9. The van der Waals surface area contributed by atoms with E-state index in [1.54, 1.807) is 32.9 Å². The molecule has 7 heteroatoms. The van der Waals surface area contributed by atoms with Crippen molar-refractivity contribution in [2.75, 3.05) is 12.3 Å². The predicted octanol–water partition coefficient (Wildman–Crippen LogP) is 2.41. The first-order chi connectivity index (χ1) is 10.9. The molecule has 0 radical (unpaired) electrons. The number of sulfonamides is 1. The number of benzene rings is 1. The van der Waals surface area contributed by atoms with Crippen LogP contribution in [0.15, 0.2) is 24.3 Å². The van der Waals surface area contributed by atoms with Crippen molar-refractivity contribution >= 4 is 21.7 Å². The molecule has 6 nitrogen and oxygen atoms in total. The SMILES string of the molecule is CC(CNS(=O)(=O)C(C)CC(=O)OC(C)(C)C)c1ccc(N)cc1. The summed E-state index contributed by atoms with van der Waals surface area (Å²) in [6, 6.07) is 7.31. The maximum absolute atomic E-state index is 12.3. The summed E-state index contributed by atoms with van der Waals surface area (Å²) in [7, 11) is -3.60. The van der Waals surface area contributed by atoms with Gasteiger partial charge in [0.1, 0.15) is 5.60 Å². The van der Waals surface area contributed by atoms with E-state index in [-0.39, 0.29) is 18.9 Å². The van der Waals surface area contributed by atoms with Crippen LogP contribution in [0.3, 0.4) is 0 Å². The van der Waals surface area contributed by atoms with Crippen molar-refractivity contribution in [3.05, 3.63) is 29.8 Å². The Hall–Kier alpha value is -1.60. The number of esters is 1. The van der Waals surface area contributed by atoms with E-state index in [2.05, 4.69) is 4.72 Å². The minimum Gasteiger partial charge on any atom is -0.460 e. The third-order valence-electron chi connectivity index (χ3n) is 3.50. The first-order valence-electron chi connectivity index (χ1n) is 7.96. The summed E-state index contributed by atoms with van der Waals surface area (Å²) < 4.78 is 32.3. The number of hydrogen-bond acceptors (Lipinski definition) is 5. The summed E-state index contributed by atoms with van der Waals surface area (Å²) in [6.45, 7) is 8.92. The van der Waals surface area contributed by atoms with Crippen LogP contribution < -0.4 is 10.5 Å². The van der Waals surface area contributed by atoms with Gasteiger partial charge in [0.15, 0.2) is 0 Å². The lowest BCUT2D eigenvalue weighted by molar-refractivity contribution is -0.154. The van der Waals surface area contributed by atoms with Crippen molar-refractivity contribution in [1.82, 2.24) is 4.72 Å². The lowest BCUT2D eigenvalue weighted by Gasteiger charge is -2.21. The van der Waals surface area contributed by atoms with E-state index in [9.17, 15) is 13.2 Å². The van der Waals surface area contributed by atoms with Crippen LogP contribution in [-0.2, 0) is 19.6 Å². The molecular formula is C17H28N2O4S. The van der Waals surface area contributed by atoms with Gasteiger partial charge in [-0.2, -0.15) is 0 Å². The molecule has 24 heavy (non-hydrogen) atoms. The second-order valence-corrected chi connectivity index (χ2v) is 9.25. The van der Waals surface area contributed by atoms with Crippen LogP contribution in [0.5, 0.6) is 0 Å². The fourth-order valence-electron chi connectivity index (χ4n) is 2.05. The smallest absolute Gasteiger partial charge is 0.307 e. The molecule has 0 aliphatic carbocycles. The maximum Gasteiger partial charge on any atom is 0.307 e. The topological polar surface area (TPSA) is 98.5 Å². The molecule has 0 saturated heterocycles. The Labute approximate surface area is 144 Å². The van der Waals surface area contributed by atoms with E-state index in [1.165, 1.54) is 6.92 Å². The number of ether oxygens (including phenoxy) is 1. The minimum atomic E-state index is -3.60. The predicted molar refractivity (Wildman–Crippen MR) is 96.1 cm³/mol. The first-order valence-corrected chi connectivity index (χ1v) is 9.51. The summed E-state index contributed by atoms with van der Waals surface area (Å²) in [6.07, 6.45) is -0.178. The van der Waals surface area contributed by atoms with Gasteiger partial charge < -0.3 is 10.5 Å². The Morgan fingerprint density at radius 1 is 1.21 bits per heavy atom. The maximum atomic E-state index is 12.3. The van der Waals surface area contributed by atoms with Gasteiger partial charge in [-0.05, 0) is 51.3 Å². The zero-order chi connectivity index (χ0) is 18.5. The zero-order valence-electron chi connectivity index (χ0n) is 15.0. The molecule has 0 aliphatic heterocycles. The number of anilines is 1. The van der Waals surface area contributed by atoms with Crippen LogP contribution >= 0.6 is 0 Å². The van der Waals surface area contributed by atoms with Crippen molar-refractivity contribution in [3.8, 4) is 0 Å². The van der Waals surface area contributed by atoms with Gasteiger partial charge in [0.25, 0.3) is 0 Å². The minimum absolute atomic E-state index is 0.00546. The number of rotatable bonds is 7. The van der Waals surface area contributed by atoms with Gasteiger partial charge in [-0.1, -0.05) is 19.1 Å². The van der Waals surface area contributed by atoms with Gasteiger partial charge in [0.05, 0.1) is 11.7 Å². The zero-order valence-corrected chi connectivity index (χ0v) is 15.8. The van der Waals surface area contributed by atoms with Gasteiger partial charge in [-0.15, -0.1) is 0 Å². The summed E-state index contributed by atoms with van der Waals surface area (Å²) in [5.74, 6) is -0.527. The average Bonchev–Trinajstić information content (AvgIpc) is 2.43. The molecule has 0 aliphatic rings. The molecule has 2 unspecified atom stereocenters. The van der Waals surface area contributed by atoms with Crippen LogP contribution in [0.2, 0.25) is 0 Å². The van der Waals surface area contributed by atoms with Crippen LogP contribution in [-0.4, -0.2) is 31.8 Å². The largest absolute Gasteiger partial charge is 0.460 e. The molecule has 0 saturated carbocycles. The lowest BCUT2D eigenvalue weighted by atomic mass is 10.0. The second kappa shape index (κ2) is 7.98. The van der Waals surface area contributed by atoms with E-state index in [0.717, 1.165) is 5.56 Å². The highest BCUT2D eigenvalue weighted by Crippen LogP contribution is 2.17. The number of hydrogen-bond donors (Lipinski definition) is 2. The van der Waals surface area contributed by atoms with E-state index in [0.29, 0.717) is 5.69 Å². The third kappa shape index (κ3) is 6.88. The molecule has 1 rings (SSSR count). The van der Waals surface area contributed by atoms with Gasteiger partial charge in [0.2, 0.25) is 10.0 Å². The highest BCUT2D eigenvalue weighted by molar-refractivity contribution is 7.90.